The lowest BCUT2D eigenvalue weighted by atomic mass is 9.99. The molecular formula is C12H16N2O4. The number of aliphatic hydroxyl groups is 1. The number of carbonyl (C=O) groups is 1. The van der Waals surface area contributed by atoms with Gasteiger partial charge in [0.2, 0.25) is 5.91 Å². The Morgan fingerprint density at radius 2 is 2.17 bits per heavy atom. The molecule has 2 N–H and O–H groups in total. The van der Waals surface area contributed by atoms with Crippen LogP contribution >= 0.6 is 0 Å². The number of hydrogen-bond donors (Lipinski definition) is 2. The maximum Gasteiger partial charge on any atom is 0.269 e. The van der Waals surface area contributed by atoms with Crippen molar-refractivity contribution in [3.8, 4) is 0 Å². The summed E-state index contributed by atoms with van der Waals surface area (Å²) in [5.74, 6) is -0.768. The lowest BCUT2D eigenvalue weighted by Crippen LogP contribution is -2.37. The zero-order valence-electron chi connectivity index (χ0n) is 10.3. The normalized spacial score (nSPS) is 13.7. The molecule has 0 aliphatic heterocycles. The van der Waals surface area contributed by atoms with Crippen LogP contribution in [0.1, 0.15) is 25.3 Å². The van der Waals surface area contributed by atoms with Crippen LogP contribution in [0.25, 0.3) is 0 Å². The first kappa shape index (κ1) is 14.1. The highest BCUT2D eigenvalue weighted by atomic mass is 16.6. The number of rotatable bonds is 5. The lowest BCUT2D eigenvalue weighted by Gasteiger charge is -2.15. The zero-order valence-corrected chi connectivity index (χ0v) is 10.3. The molecule has 0 aromatic heterocycles. The van der Waals surface area contributed by atoms with E-state index in [1.807, 2.05) is 0 Å². The molecule has 0 saturated carbocycles. The fourth-order valence-corrected chi connectivity index (χ4v) is 1.47. The fourth-order valence-electron chi connectivity index (χ4n) is 1.47. The van der Waals surface area contributed by atoms with Crippen molar-refractivity contribution in [3.05, 3.63) is 39.9 Å². The predicted molar refractivity (Wildman–Crippen MR) is 66.2 cm³/mol. The molecule has 6 nitrogen and oxygen atoms in total. The number of benzene rings is 1. The standard InChI is InChI=1S/C12H16N2O4/c1-8(7-15)13-12(16)9(2)10-4-3-5-11(6-10)14(17)18/h3-6,8-9,15H,7H2,1-2H3,(H,13,16). The van der Waals surface area contributed by atoms with Crippen molar-refractivity contribution in [2.75, 3.05) is 6.61 Å². The van der Waals surface area contributed by atoms with Crippen LogP contribution < -0.4 is 5.32 Å². The first-order valence-electron chi connectivity index (χ1n) is 5.61. The molecule has 0 heterocycles. The summed E-state index contributed by atoms with van der Waals surface area (Å²) >= 11 is 0. The average Bonchev–Trinajstić information content (AvgIpc) is 2.37. The molecule has 2 unspecified atom stereocenters. The van der Waals surface area contributed by atoms with Gasteiger partial charge in [0, 0.05) is 18.2 Å². The number of nitro groups is 1. The number of nitrogens with zero attached hydrogens (tertiary/aromatic N) is 1. The Balaban J connectivity index is 2.83. The second kappa shape index (κ2) is 6.11. The van der Waals surface area contributed by atoms with E-state index in [0.29, 0.717) is 5.56 Å². The van der Waals surface area contributed by atoms with Gasteiger partial charge in [-0.1, -0.05) is 12.1 Å². The van der Waals surface area contributed by atoms with Crippen LogP contribution in [-0.4, -0.2) is 28.6 Å². The molecule has 98 valence electrons. The van der Waals surface area contributed by atoms with E-state index in [2.05, 4.69) is 5.32 Å². The van der Waals surface area contributed by atoms with Gasteiger partial charge in [0.1, 0.15) is 0 Å². The third-order valence-corrected chi connectivity index (χ3v) is 2.64. The predicted octanol–water partition coefficient (Wildman–Crippen LogP) is 1.20. The zero-order chi connectivity index (χ0) is 13.7. The molecule has 0 aliphatic rings. The van der Waals surface area contributed by atoms with Gasteiger partial charge < -0.3 is 10.4 Å². The minimum Gasteiger partial charge on any atom is -0.394 e. The smallest absolute Gasteiger partial charge is 0.269 e. The Morgan fingerprint density at radius 3 is 2.72 bits per heavy atom. The summed E-state index contributed by atoms with van der Waals surface area (Å²) in [6.45, 7) is 3.20. The molecule has 0 radical (unpaired) electrons. The van der Waals surface area contributed by atoms with Crippen LogP contribution in [0.4, 0.5) is 5.69 Å². The Labute approximate surface area is 105 Å². The Kier molecular flexibility index (Phi) is 4.79. The van der Waals surface area contributed by atoms with Gasteiger partial charge in [-0.05, 0) is 19.4 Å². The SMILES string of the molecule is CC(CO)NC(=O)C(C)c1cccc([N+](=O)[O-])c1. The van der Waals surface area contributed by atoms with Crippen LogP contribution in [0.3, 0.4) is 0 Å². The van der Waals surface area contributed by atoms with E-state index < -0.39 is 10.8 Å². The molecule has 1 rings (SSSR count). The Bertz CT molecular complexity index is 447. The van der Waals surface area contributed by atoms with E-state index in [1.165, 1.54) is 12.1 Å². The molecule has 0 fully saturated rings. The van der Waals surface area contributed by atoms with Crippen molar-refractivity contribution < 1.29 is 14.8 Å². The first-order chi connectivity index (χ1) is 8.45. The molecule has 1 aromatic carbocycles. The summed E-state index contributed by atoms with van der Waals surface area (Å²) in [6.07, 6.45) is 0. The van der Waals surface area contributed by atoms with Crippen molar-refractivity contribution in [1.82, 2.24) is 5.32 Å². The number of nitrogens with one attached hydrogen (secondary N) is 1. The molecule has 1 amide bonds. The molecule has 6 heteroatoms. The quantitative estimate of drug-likeness (QED) is 0.608. The number of hydrogen-bond acceptors (Lipinski definition) is 4. The highest BCUT2D eigenvalue weighted by Crippen LogP contribution is 2.20. The summed E-state index contributed by atoms with van der Waals surface area (Å²) in [6, 6.07) is 5.64. The van der Waals surface area contributed by atoms with Crippen molar-refractivity contribution >= 4 is 11.6 Å². The molecule has 0 bridgehead atoms. The maximum atomic E-state index is 11.8. The van der Waals surface area contributed by atoms with Crippen molar-refractivity contribution in [2.24, 2.45) is 0 Å². The maximum absolute atomic E-state index is 11.8. The van der Waals surface area contributed by atoms with Crippen molar-refractivity contribution in [2.45, 2.75) is 25.8 Å². The van der Waals surface area contributed by atoms with Crippen LogP contribution in [0, 0.1) is 10.1 Å². The summed E-state index contributed by atoms with van der Waals surface area (Å²) in [5, 5.41) is 22.1. The molecule has 0 saturated heterocycles. The van der Waals surface area contributed by atoms with Gasteiger partial charge in [0.15, 0.2) is 0 Å². The summed E-state index contributed by atoms with van der Waals surface area (Å²) in [5.41, 5.74) is 0.536. The third-order valence-electron chi connectivity index (χ3n) is 2.64. The Hall–Kier alpha value is -1.95. The summed E-state index contributed by atoms with van der Waals surface area (Å²) in [7, 11) is 0. The number of carbonyl (C=O) groups excluding carboxylic acids is 1. The number of non-ortho nitro benzene ring substituents is 1. The second-order valence-corrected chi connectivity index (χ2v) is 4.17. The van der Waals surface area contributed by atoms with Gasteiger partial charge in [0.05, 0.1) is 17.4 Å². The molecule has 0 aliphatic carbocycles. The van der Waals surface area contributed by atoms with Crippen LogP contribution in [-0.2, 0) is 4.79 Å². The van der Waals surface area contributed by atoms with Gasteiger partial charge in [0.25, 0.3) is 5.69 Å². The molecule has 1 aromatic rings. The summed E-state index contributed by atoms with van der Waals surface area (Å²) < 4.78 is 0. The highest BCUT2D eigenvalue weighted by Gasteiger charge is 2.18. The van der Waals surface area contributed by atoms with Crippen molar-refractivity contribution in [3.63, 3.8) is 0 Å². The second-order valence-electron chi connectivity index (χ2n) is 4.17. The van der Waals surface area contributed by atoms with E-state index in [0.717, 1.165) is 0 Å². The largest absolute Gasteiger partial charge is 0.394 e. The van der Waals surface area contributed by atoms with E-state index in [9.17, 15) is 14.9 Å². The van der Waals surface area contributed by atoms with Gasteiger partial charge in [-0.3, -0.25) is 14.9 Å². The van der Waals surface area contributed by atoms with E-state index >= 15 is 0 Å². The minimum atomic E-state index is -0.501. The number of nitro benzene ring substituents is 1. The molecule has 0 spiro atoms. The minimum absolute atomic E-state index is 0.0395. The first-order valence-corrected chi connectivity index (χ1v) is 5.61. The van der Waals surface area contributed by atoms with Crippen LogP contribution in [0.15, 0.2) is 24.3 Å². The fraction of sp³-hybridized carbons (Fsp3) is 0.417. The van der Waals surface area contributed by atoms with Gasteiger partial charge >= 0.3 is 0 Å². The lowest BCUT2D eigenvalue weighted by molar-refractivity contribution is -0.384. The topological polar surface area (TPSA) is 92.5 Å². The summed E-state index contributed by atoms with van der Waals surface area (Å²) in [4.78, 5) is 21.9. The van der Waals surface area contributed by atoms with E-state index in [4.69, 9.17) is 5.11 Å². The molecule has 18 heavy (non-hydrogen) atoms. The molecule has 2 atom stereocenters. The number of amides is 1. The van der Waals surface area contributed by atoms with E-state index in [1.54, 1.807) is 26.0 Å². The van der Waals surface area contributed by atoms with Crippen LogP contribution in [0.2, 0.25) is 0 Å². The van der Waals surface area contributed by atoms with Crippen LogP contribution in [0.5, 0.6) is 0 Å². The van der Waals surface area contributed by atoms with Gasteiger partial charge in [-0.15, -0.1) is 0 Å². The van der Waals surface area contributed by atoms with Gasteiger partial charge in [-0.2, -0.15) is 0 Å². The monoisotopic (exact) mass is 252 g/mol. The highest BCUT2D eigenvalue weighted by molar-refractivity contribution is 5.83. The number of aliphatic hydroxyl groups excluding tert-OH is 1. The molecular weight excluding hydrogens is 236 g/mol. The van der Waals surface area contributed by atoms with E-state index in [-0.39, 0.29) is 24.2 Å². The third kappa shape index (κ3) is 3.53. The Morgan fingerprint density at radius 1 is 1.50 bits per heavy atom. The average molecular weight is 252 g/mol. The van der Waals surface area contributed by atoms with Crippen molar-refractivity contribution in [1.29, 1.82) is 0 Å². The van der Waals surface area contributed by atoms with Gasteiger partial charge in [-0.25, -0.2) is 0 Å².